The monoisotopic (exact) mass is 289 g/mol. The van der Waals surface area contributed by atoms with Crippen LogP contribution < -0.4 is 10.5 Å². The number of hydrogen-bond acceptors (Lipinski definition) is 3. The first-order valence-electron chi connectivity index (χ1n) is 8.02. The van der Waals surface area contributed by atoms with Crippen LogP contribution in [0.1, 0.15) is 44.6 Å². The second-order valence-electron chi connectivity index (χ2n) is 5.76. The maximum absolute atomic E-state index is 7.37. The van der Waals surface area contributed by atoms with E-state index >= 15 is 0 Å². The number of piperidine rings is 1. The molecule has 0 radical (unpaired) electrons. The molecule has 1 unspecified atom stereocenters. The Hall–Kier alpha value is -1.55. The molecule has 0 aliphatic carbocycles. The topological polar surface area (TPSA) is 62.3 Å². The molecule has 0 spiro atoms. The van der Waals surface area contributed by atoms with Crippen molar-refractivity contribution >= 4 is 5.84 Å². The lowest BCUT2D eigenvalue weighted by Crippen LogP contribution is -2.41. The summed E-state index contributed by atoms with van der Waals surface area (Å²) in [6, 6.07) is 8.18. The number of amidine groups is 1. The summed E-state index contributed by atoms with van der Waals surface area (Å²) in [6.45, 7) is 5.19. The number of rotatable bonds is 7. The van der Waals surface area contributed by atoms with E-state index in [1.165, 1.54) is 38.6 Å². The lowest BCUT2D eigenvalue weighted by atomic mass is 9.98. The van der Waals surface area contributed by atoms with Crippen LogP contribution in [0.25, 0.3) is 0 Å². The van der Waals surface area contributed by atoms with Crippen molar-refractivity contribution in [2.75, 3.05) is 19.7 Å². The van der Waals surface area contributed by atoms with Gasteiger partial charge in [-0.1, -0.05) is 19.8 Å². The van der Waals surface area contributed by atoms with E-state index in [9.17, 15) is 0 Å². The van der Waals surface area contributed by atoms with E-state index in [0.717, 1.165) is 30.5 Å². The molecule has 21 heavy (non-hydrogen) atoms. The molecule has 1 aromatic rings. The highest BCUT2D eigenvalue weighted by molar-refractivity contribution is 5.94. The molecule has 1 aliphatic rings. The molecule has 4 heteroatoms. The van der Waals surface area contributed by atoms with Crippen LogP contribution in [0.5, 0.6) is 5.75 Å². The number of likely N-dealkylation sites (tertiary alicyclic amines) is 1. The largest absolute Gasteiger partial charge is 0.492 e. The predicted octanol–water partition coefficient (Wildman–Crippen LogP) is 3.00. The fourth-order valence-corrected chi connectivity index (χ4v) is 3.03. The van der Waals surface area contributed by atoms with Gasteiger partial charge >= 0.3 is 0 Å². The van der Waals surface area contributed by atoms with Gasteiger partial charge in [-0.3, -0.25) is 10.3 Å². The minimum atomic E-state index is 0.0947. The van der Waals surface area contributed by atoms with E-state index in [4.69, 9.17) is 15.9 Å². The molecule has 1 aliphatic heterocycles. The standard InChI is InChI=1S/C17H27N3O/c1-2-5-15-6-3-4-11-20(15)12-13-21-16-9-7-14(8-10-16)17(18)19/h7-10,15H,2-6,11-13H2,1H3,(H3,18,19). The molecule has 1 aromatic carbocycles. The van der Waals surface area contributed by atoms with Gasteiger partial charge in [0.2, 0.25) is 0 Å². The first-order chi connectivity index (χ1) is 10.2. The van der Waals surface area contributed by atoms with Crippen LogP contribution in [0.2, 0.25) is 0 Å². The minimum absolute atomic E-state index is 0.0947. The number of hydrogen-bond donors (Lipinski definition) is 2. The molecular weight excluding hydrogens is 262 g/mol. The van der Waals surface area contributed by atoms with E-state index in [2.05, 4.69) is 11.8 Å². The van der Waals surface area contributed by atoms with Gasteiger partial charge in [-0.2, -0.15) is 0 Å². The average molecular weight is 289 g/mol. The maximum Gasteiger partial charge on any atom is 0.122 e. The number of nitrogens with one attached hydrogen (secondary N) is 1. The quantitative estimate of drug-likeness (QED) is 0.599. The van der Waals surface area contributed by atoms with Crippen molar-refractivity contribution in [3.8, 4) is 5.75 Å². The molecule has 0 saturated carbocycles. The summed E-state index contributed by atoms with van der Waals surface area (Å²) in [5, 5.41) is 7.37. The van der Waals surface area contributed by atoms with Gasteiger partial charge in [-0.05, 0) is 50.1 Å². The van der Waals surface area contributed by atoms with Gasteiger partial charge in [0.1, 0.15) is 18.2 Å². The van der Waals surface area contributed by atoms with Crippen molar-refractivity contribution in [1.82, 2.24) is 4.90 Å². The normalized spacial score (nSPS) is 19.4. The second-order valence-corrected chi connectivity index (χ2v) is 5.76. The van der Waals surface area contributed by atoms with Crippen LogP contribution in [0, 0.1) is 5.41 Å². The molecule has 3 N–H and O–H groups in total. The van der Waals surface area contributed by atoms with Gasteiger partial charge in [-0.25, -0.2) is 0 Å². The summed E-state index contributed by atoms with van der Waals surface area (Å²) in [7, 11) is 0. The van der Waals surface area contributed by atoms with Crippen molar-refractivity contribution in [3.05, 3.63) is 29.8 Å². The summed E-state index contributed by atoms with van der Waals surface area (Å²) in [5.74, 6) is 0.946. The lowest BCUT2D eigenvalue weighted by molar-refractivity contribution is 0.116. The summed E-state index contributed by atoms with van der Waals surface area (Å²) < 4.78 is 5.82. The fraction of sp³-hybridized carbons (Fsp3) is 0.588. The molecular formula is C17H27N3O. The summed E-state index contributed by atoms with van der Waals surface area (Å²) in [6.07, 6.45) is 6.57. The molecule has 116 valence electrons. The van der Waals surface area contributed by atoms with Crippen LogP contribution in [0.4, 0.5) is 0 Å². The number of ether oxygens (including phenoxy) is 1. The van der Waals surface area contributed by atoms with Crippen LogP contribution >= 0.6 is 0 Å². The zero-order valence-corrected chi connectivity index (χ0v) is 13.0. The van der Waals surface area contributed by atoms with Gasteiger partial charge < -0.3 is 10.5 Å². The van der Waals surface area contributed by atoms with Crippen molar-refractivity contribution in [2.24, 2.45) is 5.73 Å². The number of nitrogens with two attached hydrogens (primary N) is 1. The Balaban J connectivity index is 1.78. The van der Waals surface area contributed by atoms with Crippen molar-refractivity contribution in [1.29, 1.82) is 5.41 Å². The molecule has 4 nitrogen and oxygen atoms in total. The first kappa shape index (κ1) is 15.8. The molecule has 1 fully saturated rings. The molecule has 1 saturated heterocycles. The molecule has 0 aromatic heterocycles. The Morgan fingerprint density at radius 3 is 2.76 bits per heavy atom. The Morgan fingerprint density at radius 1 is 1.33 bits per heavy atom. The molecule has 1 atom stereocenters. The maximum atomic E-state index is 7.37. The van der Waals surface area contributed by atoms with Crippen LogP contribution in [-0.2, 0) is 0 Å². The number of nitrogens with zero attached hydrogens (tertiary/aromatic N) is 1. The molecule has 0 bridgehead atoms. The highest BCUT2D eigenvalue weighted by atomic mass is 16.5. The Kier molecular flexibility index (Phi) is 6.05. The third-order valence-electron chi connectivity index (χ3n) is 4.18. The zero-order chi connectivity index (χ0) is 15.1. The summed E-state index contributed by atoms with van der Waals surface area (Å²) in [5.41, 5.74) is 6.18. The lowest BCUT2D eigenvalue weighted by Gasteiger charge is -2.35. The average Bonchev–Trinajstić information content (AvgIpc) is 2.50. The number of benzene rings is 1. The predicted molar refractivity (Wildman–Crippen MR) is 87.1 cm³/mol. The van der Waals surface area contributed by atoms with E-state index in [-0.39, 0.29) is 5.84 Å². The molecule has 1 heterocycles. The third-order valence-corrected chi connectivity index (χ3v) is 4.18. The van der Waals surface area contributed by atoms with Crippen molar-refractivity contribution in [3.63, 3.8) is 0 Å². The van der Waals surface area contributed by atoms with Crippen LogP contribution in [-0.4, -0.2) is 36.5 Å². The van der Waals surface area contributed by atoms with E-state index < -0.39 is 0 Å². The minimum Gasteiger partial charge on any atom is -0.492 e. The van der Waals surface area contributed by atoms with Crippen molar-refractivity contribution in [2.45, 2.75) is 45.1 Å². The smallest absolute Gasteiger partial charge is 0.122 e. The Labute approximate surface area is 127 Å². The van der Waals surface area contributed by atoms with E-state index in [1.54, 1.807) is 0 Å². The SMILES string of the molecule is CCCC1CCCCN1CCOc1ccc(C(=N)N)cc1. The van der Waals surface area contributed by atoms with Gasteiger partial charge in [0.25, 0.3) is 0 Å². The van der Waals surface area contributed by atoms with Gasteiger partial charge in [0.15, 0.2) is 0 Å². The first-order valence-corrected chi connectivity index (χ1v) is 8.02. The summed E-state index contributed by atoms with van der Waals surface area (Å²) >= 11 is 0. The number of nitrogen functional groups attached to an aromatic ring is 1. The zero-order valence-electron chi connectivity index (χ0n) is 13.0. The van der Waals surface area contributed by atoms with Crippen molar-refractivity contribution < 1.29 is 4.74 Å². The summed E-state index contributed by atoms with van der Waals surface area (Å²) in [4.78, 5) is 2.58. The van der Waals surface area contributed by atoms with Crippen LogP contribution in [0.3, 0.4) is 0 Å². The van der Waals surface area contributed by atoms with Gasteiger partial charge in [-0.15, -0.1) is 0 Å². The molecule has 0 amide bonds. The van der Waals surface area contributed by atoms with E-state index in [1.807, 2.05) is 24.3 Å². The highest BCUT2D eigenvalue weighted by Crippen LogP contribution is 2.20. The van der Waals surface area contributed by atoms with Crippen LogP contribution in [0.15, 0.2) is 24.3 Å². The fourth-order valence-electron chi connectivity index (χ4n) is 3.03. The highest BCUT2D eigenvalue weighted by Gasteiger charge is 2.20. The Bertz CT molecular complexity index is 442. The third kappa shape index (κ3) is 4.74. The second kappa shape index (κ2) is 8.03. The van der Waals surface area contributed by atoms with Gasteiger partial charge in [0, 0.05) is 18.2 Å². The van der Waals surface area contributed by atoms with Gasteiger partial charge in [0.05, 0.1) is 0 Å². The van der Waals surface area contributed by atoms with E-state index in [0.29, 0.717) is 0 Å². The molecule has 2 rings (SSSR count). The Morgan fingerprint density at radius 2 is 2.10 bits per heavy atom.